The Morgan fingerprint density at radius 3 is 2.74 bits per heavy atom. The van der Waals surface area contributed by atoms with Crippen molar-refractivity contribution in [1.82, 2.24) is 9.97 Å². The Kier molecular flexibility index (Phi) is 4.66. The van der Waals surface area contributed by atoms with E-state index >= 15 is 0 Å². The highest BCUT2D eigenvalue weighted by Gasteiger charge is 2.32. The van der Waals surface area contributed by atoms with Crippen molar-refractivity contribution < 1.29 is 0 Å². The lowest BCUT2D eigenvalue weighted by Crippen LogP contribution is -2.39. The van der Waals surface area contributed by atoms with Crippen LogP contribution >= 0.6 is 15.9 Å². The third kappa shape index (κ3) is 3.38. The summed E-state index contributed by atoms with van der Waals surface area (Å²) >= 11 is 3.60. The molecule has 4 nitrogen and oxygen atoms in total. The zero-order valence-corrected chi connectivity index (χ0v) is 13.5. The van der Waals surface area contributed by atoms with Crippen LogP contribution in [0.25, 0.3) is 0 Å². The molecule has 0 radical (unpaired) electrons. The van der Waals surface area contributed by atoms with E-state index in [0.29, 0.717) is 11.5 Å². The number of hydrogen-bond acceptors (Lipinski definition) is 4. The molecule has 1 aromatic heterocycles. The zero-order chi connectivity index (χ0) is 13.9. The SMILES string of the molecule is CCNc1ncnc(NC2CCCCC2(C)C)c1Br. The molecular formula is C14H23BrN4. The molecule has 2 rings (SSSR count). The smallest absolute Gasteiger partial charge is 0.146 e. The average Bonchev–Trinajstić information content (AvgIpc) is 2.36. The van der Waals surface area contributed by atoms with Gasteiger partial charge in [-0.25, -0.2) is 9.97 Å². The molecule has 1 fully saturated rings. The molecule has 0 bridgehead atoms. The summed E-state index contributed by atoms with van der Waals surface area (Å²) < 4.78 is 0.929. The maximum atomic E-state index is 4.37. The van der Waals surface area contributed by atoms with Crippen LogP contribution in [0.2, 0.25) is 0 Å². The number of nitrogens with zero attached hydrogens (tertiary/aromatic N) is 2. The summed E-state index contributed by atoms with van der Waals surface area (Å²) in [6.07, 6.45) is 6.72. The van der Waals surface area contributed by atoms with Gasteiger partial charge < -0.3 is 10.6 Å². The van der Waals surface area contributed by atoms with Crippen molar-refractivity contribution in [3.8, 4) is 0 Å². The lowest BCUT2D eigenvalue weighted by Gasteiger charge is -2.39. The van der Waals surface area contributed by atoms with Gasteiger partial charge in [0.15, 0.2) is 0 Å². The molecule has 1 aromatic rings. The van der Waals surface area contributed by atoms with E-state index in [1.807, 2.05) is 0 Å². The lowest BCUT2D eigenvalue weighted by molar-refractivity contribution is 0.216. The van der Waals surface area contributed by atoms with Gasteiger partial charge in [-0.1, -0.05) is 26.7 Å². The monoisotopic (exact) mass is 326 g/mol. The fourth-order valence-corrected chi connectivity index (χ4v) is 3.15. The van der Waals surface area contributed by atoms with Gasteiger partial charge in [-0.3, -0.25) is 0 Å². The summed E-state index contributed by atoms with van der Waals surface area (Å²) in [6, 6.07) is 0.474. The average molecular weight is 327 g/mol. The van der Waals surface area contributed by atoms with Gasteiger partial charge in [0.25, 0.3) is 0 Å². The molecule has 0 amide bonds. The van der Waals surface area contributed by atoms with Gasteiger partial charge in [-0.05, 0) is 41.1 Å². The molecule has 0 aromatic carbocycles. The van der Waals surface area contributed by atoms with Crippen molar-refractivity contribution in [3.63, 3.8) is 0 Å². The first-order chi connectivity index (χ1) is 9.04. The molecule has 1 aliphatic rings. The topological polar surface area (TPSA) is 49.8 Å². The molecule has 19 heavy (non-hydrogen) atoms. The van der Waals surface area contributed by atoms with E-state index in [4.69, 9.17) is 0 Å². The Morgan fingerprint density at radius 1 is 1.32 bits per heavy atom. The molecular weight excluding hydrogens is 304 g/mol. The molecule has 1 aliphatic carbocycles. The van der Waals surface area contributed by atoms with Crippen molar-refractivity contribution in [3.05, 3.63) is 10.8 Å². The van der Waals surface area contributed by atoms with Crippen molar-refractivity contribution in [2.24, 2.45) is 5.41 Å². The second-order valence-corrected chi connectivity index (χ2v) is 6.64. The third-order valence-electron chi connectivity index (χ3n) is 3.95. The zero-order valence-electron chi connectivity index (χ0n) is 12.0. The minimum Gasteiger partial charge on any atom is -0.369 e. The van der Waals surface area contributed by atoms with Crippen molar-refractivity contribution in [2.75, 3.05) is 17.2 Å². The number of halogens is 1. The molecule has 2 N–H and O–H groups in total. The lowest BCUT2D eigenvalue weighted by atomic mass is 9.73. The largest absolute Gasteiger partial charge is 0.369 e. The summed E-state index contributed by atoms with van der Waals surface area (Å²) in [6.45, 7) is 7.59. The normalized spacial score (nSPS) is 22.0. The van der Waals surface area contributed by atoms with E-state index in [-0.39, 0.29) is 0 Å². The minimum atomic E-state index is 0.320. The van der Waals surface area contributed by atoms with Crippen LogP contribution < -0.4 is 10.6 Å². The van der Waals surface area contributed by atoms with Gasteiger partial charge in [-0.2, -0.15) is 0 Å². The molecule has 5 heteroatoms. The first-order valence-corrected chi connectivity index (χ1v) is 7.85. The van der Waals surface area contributed by atoms with Crippen molar-refractivity contribution in [1.29, 1.82) is 0 Å². The summed E-state index contributed by atoms with van der Waals surface area (Å²) in [5, 5.41) is 6.84. The molecule has 1 unspecified atom stereocenters. The van der Waals surface area contributed by atoms with Crippen molar-refractivity contribution in [2.45, 2.75) is 52.5 Å². The number of aromatic nitrogens is 2. The molecule has 0 aliphatic heterocycles. The van der Waals surface area contributed by atoms with Gasteiger partial charge in [0.1, 0.15) is 22.4 Å². The molecule has 106 valence electrons. The Balaban J connectivity index is 2.16. The van der Waals surface area contributed by atoms with Crippen LogP contribution in [0.4, 0.5) is 11.6 Å². The van der Waals surface area contributed by atoms with Gasteiger partial charge in [-0.15, -0.1) is 0 Å². The number of nitrogens with one attached hydrogen (secondary N) is 2. The van der Waals surface area contributed by atoms with Gasteiger partial charge in [0.2, 0.25) is 0 Å². The van der Waals surface area contributed by atoms with Crippen LogP contribution in [0.1, 0.15) is 46.5 Å². The summed E-state index contributed by atoms with van der Waals surface area (Å²) in [7, 11) is 0. The predicted octanol–water partition coefficient (Wildman–Crippen LogP) is 4.05. The second-order valence-electron chi connectivity index (χ2n) is 5.85. The standard InChI is InChI=1S/C14H23BrN4/c1-4-16-12-11(15)13(18-9-17-12)19-10-7-5-6-8-14(10,2)3/h9-10H,4-8H2,1-3H3,(H2,16,17,18,19). The number of rotatable bonds is 4. The fourth-order valence-electron chi connectivity index (χ4n) is 2.69. The highest BCUT2D eigenvalue weighted by atomic mass is 79.9. The van der Waals surface area contributed by atoms with E-state index in [2.05, 4.69) is 57.3 Å². The highest BCUT2D eigenvalue weighted by Crippen LogP contribution is 2.38. The number of anilines is 2. The quantitative estimate of drug-likeness (QED) is 0.876. The van der Waals surface area contributed by atoms with Crippen LogP contribution in [-0.4, -0.2) is 22.6 Å². The molecule has 1 saturated carbocycles. The van der Waals surface area contributed by atoms with E-state index in [0.717, 1.165) is 22.7 Å². The first kappa shape index (κ1) is 14.6. The van der Waals surface area contributed by atoms with E-state index in [1.54, 1.807) is 6.33 Å². The maximum Gasteiger partial charge on any atom is 0.146 e. The van der Waals surface area contributed by atoms with Crippen LogP contribution in [0, 0.1) is 5.41 Å². The van der Waals surface area contributed by atoms with Gasteiger partial charge in [0, 0.05) is 12.6 Å². The van der Waals surface area contributed by atoms with E-state index in [9.17, 15) is 0 Å². The number of hydrogen-bond donors (Lipinski definition) is 2. The van der Waals surface area contributed by atoms with Crippen LogP contribution in [0.5, 0.6) is 0 Å². The Labute approximate surface area is 123 Å². The Morgan fingerprint density at radius 2 is 2.05 bits per heavy atom. The minimum absolute atomic E-state index is 0.320. The Bertz CT molecular complexity index is 433. The molecule has 1 heterocycles. The summed E-state index contributed by atoms with van der Waals surface area (Å²) in [4.78, 5) is 8.62. The fraction of sp³-hybridized carbons (Fsp3) is 0.714. The predicted molar refractivity (Wildman–Crippen MR) is 83.6 cm³/mol. The Hall–Kier alpha value is -0.840. The molecule has 1 atom stereocenters. The third-order valence-corrected chi connectivity index (χ3v) is 4.70. The molecule has 0 spiro atoms. The first-order valence-electron chi connectivity index (χ1n) is 7.05. The van der Waals surface area contributed by atoms with Crippen LogP contribution in [0.15, 0.2) is 10.8 Å². The van der Waals surface area contributed by atoms with Crippen molar-refractivity contribution >= 4 is 27.6 Å². The highest BCUT2D eigenvalue weighted by molar-refractivity contribution is 9.10. The van der Waals surface area contributed by atoms with Gasteiger partial charge in [0.05, 0.1) is 0 Å². The summed E-state index contributed by atoms with van der Waals surface area (Å²) in [5.74, 6) is 1.75. The maximum absolute atomic E-state index is 4.37. The van der Waals surface area contributed by atoms with Crippen LogP contribution in [0.3, 0.4) is 0 Å². The second kappa shape index (κ2) is 6.07. The van der Waals surface area contributed by atoms with E-state index in [1.165, 1.54) is 25.7 Å². The van der Waals surface area contributed by atoms with E-state index < -0.39 is 0 Å². The molecule has 0 saturated heterocycles. The van der Waals surface area contributed by atoms with Crippen LogP contribution in [-0.2, 0) is 0 Å². The van der Waals surface area contributed by atoms with Gasteiger partial charge >= 0.3 is 0 Å². The summed E-state index contributed by atoms with van der Waals surface area (Å²) in [5.41, 5.74) is 0.320.